The van der Waals surface area contributed by atoms with Crippen molar-refractivity contribution in [2.45, 2.75) is 20.0 Å². The van der Waals surface area contributed by atoms with Crippen molar-refractivity contribution in [1.29, 1.82) is 0 Å². The fourth-order valence-electron chi connectivity index (χ4n) is 3.47. The van der Waals surface area contributed by atoms with Gasteiger partial charge in [-0.15, -0.1) is 0 Å². The molecule has 3 aromatic carbocycles. The Balaban J connectivity index is 1.50. The fourth-order valence-corrected chi connectivity index (χ4v) is 3.86. The standard InChI is InChI=1S/C25H18Cl2N2O5/c1-13-7-9-16(26)12-20(13)28-22(30)14(2)34-25(33)15-8-10-17-18(11-15)24(32)29(23(17)31)21-6-4-3-5-19(21)27/h3-12,14H,1-2H3,(H,28,30). The lowest BCUT2D eigenvalue weighted by atomic mass is 10.1. The van der Waals surface area contributed by atoms with Crippen molar-refractivity contribution in [3.05, 3.63) is 93.0 Å². The number of nitrogens with one attached hydrogen (secondary N) is 1. The molecule has 9 heteroatoms. The van der Waals surface area contributed by atoms with Gasteiger partial charge in [0.1, 0.15) is 0 Å². The van der Waals surface area contributed by atoms with Crippen LogP contribution in [0.25, 0.3) is 0 Å². The number of carbonyl (C=O) groups excluding carboxylic acids is 4. The normalized spacial score (nSPS) is 13.5. The van der Waals surface area contributed by atoms with Gasteiger partial charge in [0.15, 0.2) is 6.10 Å². The van der Waals surface area contributed by atoms with E-state index >= 15 is 0 Å². The summed E-state index contributed by atoms with van der Waals surface area (Å²) in [5, 5.41) is 3.37. The molecule has 0 fully saturated rings. The zero-order valence-corrected chi connectivity index (χ0v) is 19.6. The lowest BCUT2D eigenvalue weighted by Crippen LogP contribution is -2.30. The number of aryl methyl sites for hydroxylation is 1. The number of imide groups is 1. The molecule has 0 bridgehead atoms. The third kappa shape index (κ3) is 4.40. The maximum absolute atomic E-state index is 12.9. The maximum Gasteiger partial charge on any atom is 0.338 e. The number of hydrogen-bond donors (Lipinski definition) is 1. The Kier molecular flexibility index (Phi) is 6.41. The van der Waals surface area contributed by atoms with E-state index in [0.29, 0.717) is 10.7 Å². The first-order valence-electron chi connectivity index (χ1n) is 10.2. The van der Waals surface area contributed by atoms with Gasteiger partial charge in [0.05, 0.1) is 27.4 Å². The average Bonchev–Trinajstić information content (AvgIpc) is 3.06. The van der Waals surface area contributed by atoms with E-state index in [1.807, 2.05) is 0 Å². The molecule has 1 N–H and O–H groups in total. The van der Waals surface area contributed by atoms with Crippen molar-refractivity contribution in [3.63, 3.8) is 0 Å². The average molecular weight is 497 g/mol. The van der Waals surface area contributed by atoms with Gasteiger partial charge in [0.25, 0.3) is 17.7 Å². The molecule has 3 aromatic rings. The number of rotatable bonds is 5. The van der Waals surface area contributed by atoms with Crippen molar-refractivity contribution in [2.75, 3.05) is 10.2 Å². The van der Waals surface area contributed by atoms with E-state index in [1.165, 1.54) is 25.1 Å². The number of amides is 3. The number of hydrogen-bond acceptors (Lipinski definition) is 5. The minimum Gasteiger partial charge on any atom is -0.449 e. The fraction of sp³-hybridized carbons (Fsp3) is 0.120. The topological polar surface area (TPSA) is 92.8 Å². The number of nitrogens with zero attached hydrogens (tertiary/aromatic N) is 1. The number of fused-ring (bicyclic) bond motifs is 1. The highest BCUT2D eigenvalue weighted by Gasteiger charge is 2.38. The molecule has 7 nitrogen and oxygen atoms in total. The third-order valence-corrected chi connectivity index (χ3v) is 5.88. The van der Waals surface area contributed by atoms with E-state index in [2.05, 4.69) is 5.32 Å². The van der Waals surface area contributed by atoms with Crippen molar-refractivity contribution < 1.29 is 23.9 Å². The van der Waals surface area contributed by atoms with Crippen LogP contribution < -0.4 is 10.2 Å². The minimum atomic E-state index is -1.13. The van der Waals surface area contributed by atoms with Gasteiger partial charge >= 0.3 is 5.97 Å². The highest BCUT2D eigenvalue weighted by Crippen LogP contribution is 2.33. The van der Waals surface area contributed by atoms with Gasteiger partial charge in [-0.05, 0) is 61.9 Å². The molecule has 0 aliphatic carbocycles. The lowest BCUT2D eigenvalue weighted by Gasteiger charge is -2.15. The summed E-state index contributed by atoms with van der Waals surface area (Å²) in [6.07, 6.45) is -1.13. The first kappa shape index (κ1) is 23.5. The molecule has 0 aromatic heterocycles. The molecular weight excluding hydrogens is 479 g/mol. The van der Waals surface area contributed by atoms with Crippen LogP contribution in [0.3, 0.4) is 0 Å². The van der Waals surface area contributed by atoms with Crippen LogP contribution in [0.1, 0.15) is 43.6 Å². The zero-order chi connectivity index (χ0) is 24.6. The summed E-state index contributed by atoms with van der Waals surface area (Å²) in [7, 11) is 0. The Bertz CT molecular complexity index is 1350. The quantitative estimate of drug-likeness (QED) is 0.382. The van der Waals surface area contributed by atoms with Crippen LogP contribution in [-0.2, 0) is 9.53 Å². The molecule has 1 heterocycles. The Labute approximate surface area is 205 Å². The summed E-state index contributed by atoms with van der Waals surface area (Å²) in [5.41, 5.74) is 1.76. The first-order valence-corrected chi connectivity index (χ1v) is 11.0. The largest absolute Gasteiger partial charge is 0.449 e. The number of carbonyl (C=O) groups is 4. The second-order valence-corrected chi connectivity index (χ2v) is 8.50. The smallest absolute Gasteiger partial charge is 0.338 e. The third-order valence-electron chi connectivity index (χ3n) is 5.33. The predicted octanol–water partition coefficient (Wildman–Crippen LogP) is 5.29. The molecule has 0 saturated heterocycles. The van der Waals surface area contributed by atoms with Crippen LogP contribution >= 0.6 is 23.2 Å². The van der Waals surface area contributed by atoms with Crippen LogP contribution in [0.15, 0.2) is 60.7 Å². The van der Waals surface area contributed by atoms with E-state index in [9.17, 15) is 19.2 Å². The van der Waals surface area contributed by atoms with Crippen molar-refractivity contribution >= 4 is 58.3 Å². The number of esters is 1. The molecule has 0 saturated carbocycles. The van der Waals surface area contributed by atoms with Gasteiger partial charge in [-0.25, -0.2) is 9.69 Å². The molecule has 1 unspecified atom stereocenters. The van der Waals surface area contributed by atoms with E-state index in [0.717, 1.165) is 10.5 Å². The van der Waals surface area contributed by atoms with Gasteiger partial charge in [0.2, 0.25) is 0 Å². The van der Waals surface area contributed by atoms with Gasteiger partial charge in [-0.2, -0.15) is 0 Å². The molecule has 34 heavy (non-hydrogen) atoms. The molecule has 3 amide bonds. The highest BCUT2D eigenvalue weighted by atomic mass is 35.5. The zero-order valence-electron chi connectivity index (χ0n) is 18.1. The molecular formula is C25H18Cl2N2O5. The number of halogens is 2. The number of benzene rings is 3. The number of para-hydroxylation sites is 1. The van der Waals surface area contributed by atoms with Crippen molar-refractivity contribution in [1.82, 2.24) is 0 Å². The highest BCUT2D eigenvalue weighted by molar-refractivity contribution is 6.40. The van der Waals surface area contributed by atoms with Crippen LogP contribution in [0, 0.1) is 6.92 Å². The van der Waals surface area contributed by atoms with Gasteiger partial charge < -0.3 is 10.1 Å². The summed E-state index contributed by atoms with van der Waals surface area (Å²) in [6, 6.07) is 15.5. The molecule has 4 rings (SSSR count). The molecule has 0 spiro atoms. The lowest BCUT2D eigenvalue weighted by molar-refractivity contribution is -0.123. The van der Waals surface area contributed by atoms with Gasteiger partial charge in [0, 0.05) is 10.7 Å². The van der Waals surface area contributed by atoms with Gasteiger partial charge in [-0.3, -0.25) is 14.4 Å². The monoisotopic (exact) mass is 496 g/mol. The molecule has 1 aliphatic heterocycles. The summed E-state index contributed by atoms with van der Waals surface area (Å²) in [6.45, 7) is 3.23. The molecule has 172 valence electrons. The summed E-state index contributed by atoms with van der Waals surface area (Å²) >= 11 is 12.1. The van der Waals surface area contributed by atoms with E-state index in [4.69, 9.17) is 27.9 Å². The maximum atomic E-state index is 12.9. The Morgan fingerprint density at radius 2 is 1.65 bits per heavy atom. The summed E-state index contributed by atoms with van der Waals surface area (Å²) < 4.78 is 5.28. The predicted molar refractivity (Wildman–Crippen MR) is 129 cm³/mol. The molecule has 0 radical (unpaired) electrons. The second-order valence-electron chi connectivity index (χ2n) is 7.65. The molecule has 1 atom stereocenters. The molecule has 1 aliphatic rings. The Morgan fingerprint density at radius 1 is 0.941 bits per heavy atom. The summed E-state index contributed by atoms with van der Waals surface area (Å²) in [4.78, 5) is 51.9. The summed E-state index contributed by atoms with van der Waals surface area (Å²) in [5.74, 6) is -2.51. The van der Waals surface area contributed by atoms with E-state index in [-0.39, 0.29) is 27.4 Å². The van der Waals surface area contributed by atoms with Crippen LogP contribution in [0.5, 0.6) is 0 Å². The van der Waals surface area contributed by atoms with E-state index < -0.39 is 29.8 Å². The van der Waals surface area contributed by atoms with Gasteiger partial charge in [-0.1, -0.05) is 41.4 Å². The van der Waals surface area contributed by atoms with Crippen LogP contribution in [-0.4, -0.2) is 29.8 Å². The minimum absolute atomic E-state index is 0.0273. The van der Waals surface area contributed by atoms with E-state index in [1.54, 1.807) is 49.4 Å². The SMILES string of the molecule is Cc1ccc(Cl)cc1NC(=O)C(C)OC(=O)c1ccc2c(c1)C(=O)N(c1ccccc1Cl)C2=O. The second kappa shape index (κ2) is 9.29. The number of anilines is 2. The Hall–Kier alpha value is -3.68. The number of ether oxygens (including phenoxy) is 1. The van der Waals surface area contributed by atoms with Crippen molar-refractivity contribution in [2.24, 2.45) is 0 Å². The Morgan fingerprint density at radius 3 is 2.38 bits per heavy atom. The van der Waals surface area contributed by atoms with Crippen LogP contribution in [0.4, 0.5) is 11.4 Å². The first-order chi connectivity index (χ1) is 16.2. The van der Waals surface area contributed by atoms with Crippen molar-refractivity contribution in [3.8, 4) is 0 Å². The van der Waals surface area contributed by atoms with Crippen LogP contribution in [0.2, 0.25) is 10.0 Å².